The molecule has 7 heteroatoms. The van der Waals surface area contributed by atoms with Crippen LogP contribution in [0.25, 0.3) is 5.76 Å². The number of amides is 1. The Labute approximate surface area is 173 Å². The number of hydrogen-bond acceptors (Lipinski definition) is 6. The average Bonchev–Trinajstić information content (AvgIpc) is 3.30. The summed E-state index contributed by atoms with van der Waals surface area (Å²) in [4.78, 5) is 27.2. The van der Waals surface area contributed by atoms with Gasteiger partial charge in [0.15, 0.2) is 5.82 Å². The fourth-order valence-electron chi connectivity index (χ4n) is 3.52. The van der Waals surface area contributed by atoms with Crippen molar-refractivity contribution < 1.29 is 24.0 Å². The summed E-state index contributed by atoms with van der Waals surface area (Å²) in [6.45, 7) is 4.10. The van der Waals surface area contributed by atoms with Crippen LogP contribution in [-0.2, 0) is 9.59 Å². The Morgan fingerprint density at radius 1 is 1.13 bits per heavy atom. The molecule has 1 aliphatic heterocycles. The van der Waals surface area contributed by atoms with Gasteiger partial charge in [-0.25, -0.2) is 0 Å². The van der Waals surface area contributed by atoms with Crippen molar-refractivity contribution in [3.05, 3.63) is 83.1 Å². The highest BCUT2D eigenvalue weighted by atomic mass is 16.5. The Morgan fingerprint density at radius 3 is 2.43 bits per heavy atom. The van der Waals surface area contributed by atoms with E-state index < -0.39 is 17.7 Å². The van der Waals surface area contributed by atoms with Crippen molar-refractivity contribution in [2.45, 2.75) is 19.9 Å². The molecule has 0 saturated carbocycles. The van der Waals surface area contributed by atoms with Crippen LogP contribution < -0.4 is 9.64 Å². The van der Waals surface area contributed by atoms with Gasteiger partial charge < -0.3 is 14.4 Å². The van der Waals surface area contributed by atoms with Crippen molar-refractivity contribution in [3.63, 3.8) is 0 Å². The van der Waals surface area contributed by atoms with E-state index in [1.54, 1.807) is 67.6 Å². The summed E-state index contributed by atoms with van der Waals surface area (Å²) >= 11 is 0. The number of Topliss-reactive ketones (excluding diaryl/α,β-unsaturated/α-hetero) is 1. The molecule has 1 aliphatic rings. The van der Waals surface area contributed by atoms with Gasteiger partial charge in [-0.3, -0.25) is 14.5 Å². The molecular weight excluding hydrogens is 384 g/mol. The second-order valence-corrected chi connectivity index (χ2v) is 6.83. The van der Waals surface area contributed by atoms with Crippen molar-refractivity contribution in [2.75, 3.05) is 11.5 Å². The largest absolute Gasteiger partial charge is 0.507 e. The Bertz CT molecular complexity index is 1120. The molecule has 3 aromatic rings. The number of aliphatic hydroxyl groups is 1. The third-order valence-corrected chi connectivity index (χ3v) is 4.86. The normalized spacial score (nSPS) is 18.1. The summed E-state index contributed by atoms with van der Waals surface area (Å²) in [6, 6.07) is 16.4. The van der Waals surface area contributed by atoms with Gasteiger partial charge in [0.1, 0.15) is 17.3 Å². The van der Waals surface area contributed by atoms with Gasteiger partial charge >= 0.3 is 5.91 Å². The second-order valence-electron chi connectivity index (χ2n) is 6.83. The summed E-state index contributed by atoms with van der Waals surface area (Å²) < 4.78 is 10.6. The van der Waals surface area contributed by atoms with Crippen molar-refractivity contribution in [3.8, 4) is 5.75 Å². The Morgan fingerprint density at radius 2 is 1.83 bits per heavy atom. The smallest absolute Gasteiger partial charge is 0.301 e. The first-order valence-corrected chi connectivity index (χ1v) is 9.53. The van der Waals surface area contributed by atoms with E-state index >= 15 is 0 Å². The number of ether oxygens (including phenoxy) is 1. The number of anilines is 1. The lowest BCUT2D eigenvalue weighted by molar-refractivity contribution is -0.132. The van der Waals surface area contributed by atoms with Crippen molar-refractivity contribution in [2.24, 2.45) is 0 Å². The van der Waals surface area contributed by atoms with Gasteiger partial charge in [0.2, 0.25) is 0 Å². The van der Waals surface area contributed by atoms with Gasteiger partial charge in [-0.2, -0.15) is 0 Å². The van der Waals surface area contributed by atoms with Crippen molar-refractivity contribution in [1.82, 2.24) is 5.16 Å². The molecule has 2 heterocycles. The maximum absolute atomic E-state index is 13.0. The summed E-state index contributed by atoms with van der Waals surface area (Å²) in [5.41, 5.74) is 1.08. The zero-order valence-electron chi connectivity index (χ0n) is 16.5. The van der Waals surface area contributed by atoms with Crippen LogP contribution in [0.5, 0.6) is 5.75 Å². The van der Waals surface area contributed by atoms with Crippen molar-refractivity contribution in [1.29, 1.82) is 0 Å². The predicted molar refractivity (Wildman–Crippen MR) is 110 cm³/mol. The van der Waals surface area contributed by atoms with E-state index in [1.165, 1.54) is 4.90 Å². The van der Waals surface area contributed by atoms with Crippen LogP contribution in [0.15, 0.2) is 70.8 Å². The molecule has 2 aromatic carbocycles. The van der Waals surface area contributed by atoms with Crippen LogP contribution in [0.2, 0.25) is 0 Å². The van der Waals surface area contributed by atoms with E-state index in [9.17, 15) is 14.7 Å². The fraction of sp³-hybridized carbons (Fsp3) is 0.174. The van der Waals surface area contributed by atoms with Gasteiger partial charge in [-0.1, -0.05) is 47.6 Å². The lowest BCUT2D eigenvalue weighted by atomic mass is 9.95. The second kappa shape index (κ2) is 7.87. The fourth-order valence-corrected chi connectivity index (χ4v) is 3.52. The number of aryl methyl sites for hydroxylation is 1. The number of ketones is 1. The van der Waals surface area contributed by atoms with E-state index in [-0.39, 0.29) is 17.2 Å². The molecule has 0 bridgehead atoms. The Balaban J connectivity index is 1.89. The maximum atomic E-state index is 13.0. The van der Waals surface area contributed by atoms with E-state index in [2.05, 4.69) is 5.16 Å². The van der Waals surface area contributed by atoms with Crippen LogP contribution in [0.1, 0.15) is 29.9 Å². The molecule has 4 rings (SSSR count). The highest BCUT2D eigenvalue weighted by Crippen LogP contribution is 2.42. The van der Waals surface area contributed by atoms with Crippen LogP contribution in [-0.4, -0.2) is 28.6 Å². The minimum absolute atomic E-state index is 0.00369. The van der Waals surface area contributed by atoms with Gasteiger partial charge in [0.05, 0.1) is 18.2 Å². The molecule has 7 nitrogen and oxygen atoms in total. The summed E-state index contributed by atoms with van der Waals surface area (Å²) in [7, 11) is 0. The molecule has 1 fully saturated rings. The molecular formula is C23H20N2O5. The zero-order chi connectivity index (χ0) is 21.3. The van der Waals surface area contributed by atoms with Crippen LogP contribution in [0, 0.1) is 6.92 Å². The first-order chi connectivity index (χ1) is 14.5. The Kier molecular flexibility index (Phi) is 5.10. The number of aromatic nitrogens is 1. The number of hydrogen-bond donors (Lipinski definition) is 1. The van der Waals surface area contributed by atoms with Gasteiger partial charge in [-0.05, 0) is 31.5 Å². The van der Waals surface area contributed by atoms with E-state index in [0.29, 0.717) is 29.2 Å². The molecule has 0 radical (unpaired) electrons. The van der Waals surface area contributed by atoms with Gasteiger partial charge in [-0.15, -0.1) is 0 Å². The first kappa shape index (κ1) is 19.4. The Hall–Kier alpha value is -3.87. The van der Waals surface area contributed by atoms with Crippen LogP contribution in [0.4, 0.5) is 5.82 Å². The minimum atomic E-state index is -0.856. The summed E-state index contributed by atoms with van der Waals surface area (Å²) in [6.07, 6.45) is 0. The molecule has 152 valence electrons. The average molecular weight is 404 g/mol. The highest BCUT2D eigenvalue weighted by Gasteiger charge is 2.48. The number of rotatable bonds is 5. The first-order valence-electron chi connectivity index (χ1n) is 9.53. The van der Waals surface area contributed by atoms with E-state index in [1.807, 2.05) is 6.92 Å². The molecule has 30 heavy (non-hydrogen) atoms. The monoisotopic (exact) mass is 404 g/mol. The zero-order valence-corrected chi connectivity index (χ0v) is 16.5. The van der Waals surface area contributed by atoms with Crippen molar-refractivity contribution >= 4 is 23.3 Å². The molecule has 0 spiro atoms. The third kappa shape index (κ3) is 3.34. The molecule has 1 atom stereocenters. The summed E-state index contributed by atoms with van der Waals surface area (Å²) in [5, 5.41) is 14.9. The van der Waals surface area contributed by atoms with E-state index in [4.69, 9.17) is 9.26 Å². The minimum Gasteiger partial charge on any atom is -0.507 e. The predicted octanol–water partition coefficient (Wildman–Crippen LogP) is 4.01. The number of nitrogens with zero attached hydrogens (tertiary/aromatic N) is 2. The standard InChI is InChI=1S/C23H20N2O5/c1-3-29-17-11-9-15(10-12-17)20-19(21(26)16-7-5-4-6-8-16)22(27)23(28)25(20)18-13-14(2)30-24-18/h4-13,20,26H,3H2,1-2H3/b21-19+/t20-/m0/s1. The third-order valence-electron chi connectivity index (χ3n) is 4.86. The SMILES string of the molecule is CCOc1ccc([C@H]2/C(=C(\O)c3ccccc3)C(=O)C(=O)N2c2cc(C)on2)cc1. The van der Waals surface area contributed by atoms with E-state index in [0.717, 1.165) is 0 Å². The lowest BCUT2D eigenvalue weighted by Crippen LogP contribution is -2.29. The molecule has 0 aliphatic carbocycles. The lowest BCUT2D eigenvalue weighted by Gasteiger charge is -2.23. The van der Waals surface area contributed by atoms with Gasteiger partial charge in [0.25, 0.3) is 5.78 Å². The molecule has 1 N–H and O–H groups in total. The molecule has 1 saturated heterocycles. The topological polar surface area (TPSA) is 92.9 Å². The summed E-state index contributed by atoms with van der Waals surface area (Å²) in [5.74, 6) is -0.425. The number of carbonyl (C=O) groups excluding carboxylic acids is 2. The maximum Gasteiger partial charge on any atom is 0.301 e. The van der Waals surface area contributed by atoms with Crippen LogP contribution >= 0.6 is 0 Å². The molecule has 0 unspecified atom stereocenters. The highest BCUT2D eigenvalue weighted by molar-refractivity contribution is 6.51. The molecule has 1 aromatic heterocycles. The van der Waals surface area contributed by atoms with Crippen LogP contribution in [0.3, 0.4) is 0 Å². The quantitative estimate of drug-likeness (QED) is 0.392. The van der Waals surface area contributed by atoms with Gasteiger partial charge in [0, 0.05) is 11.6 Å². The molecule has 1 amide bonds. The number of aliphatic hydroxyl groups excluding tert-OH is 1. The number of carbonyl (C=O) groups is 2. The number of benzene rings is 2.